The van der Waals surface area contributed by atoms with Gasteiger partial charge < -0.3 is 23.7 Å². The zero-order valence-corrected chi connectivity index (χ0v) is 3.58. The molecule has 0 rings (SSSR count). The maximum atomic E-state index is 6.25. The Morgan fingerprint density at radius 3 is 0.800 bits per heavy atom. The van der Waals surface area contributed by atoms with E-state index in [1.165, 1.54) is 0 Å². The molecule has 0 aromatic heterocycles. The second-order valence-corrected chi connectivity index (χ2v) is 0. The van der Waals surface area contributed by atoms with E-state index in [0.29, 0.717) is 0 Å². The molecule has 0 amide bonds. The van der Waals surface area contributed by atoms with Crippen LogP contribution < -0.4 is 0 Å². The van der Waals surface area contributed by atoms with Crippen LogP contribution in [0.25, 0.3) is 0 Å². The molecule has 0 aliphatic rings. The molecule has 0 aromatic rings. The predicted molar refractivity (Wildman–Crippen MR) is 9.94 cm³/mol. The molecule has 3 heteroatoms. The summed E-state index contributed by atoms with van der Waals surface area (Å²) in [5, 5.41) is 12.5. The van der Waals surface area contributed by atoms with E-state index in [0.717, 1.165) is 0 Å². The van der Waals surface area contributed by atoms with Gasteiger partial charge in [0, 0.05) is 0 Å². The van der Waals surface area contributed by atoms with E-state index in [4.69, 9.17) is 23.7 Å². The van der Waals surface area contributed by atoms with Crippen LogP contribution in [0.4, 0.5) is 0 Å². The molecule has 0 bridgehead atoms. The van der Waals surface area contributed by atoms with Crippen LogP contribution in [0.15, 0.2) is 0 Å². The van der Waals surface area contributed by atoms with Gasteiger partial charge in [0.05, 0.1) is 0 Å². The van der Waals surface area contributed by atoms with Crippen LogP contribution in [0.5, 0.6) is 0 Å². The Balaban J connectivity index is -0.0000000133. The molecule has 0 heterocycles. The van der Waals surface area contributed by atoms with Crippen molar-refractivity contribution in [1.82, 2.24) is 0 Å². The molecule has 0 aliphatic carbocycles. The van der Waals surface area contributed by atoms with Crippen LogP contribution in [-0.2, 0) is 17.4 Å². The van der Waals surface area contributed by atoms with Gasteiger partial charge in [0.15, 0.2) is 0 Å². The molecule has 0 atom stereocenters. The van der Waals surface area contributed by atoms with E-state index in [1.807, 2.05) is 0 Å². The molecule has 0 unspecified atom stereocenters. The van der Waals surface area contributed by atoms with Crippen molar-refractivity contribution in [2.24, 2.45) is 0 Å². The maximum Gasteiger partial charge on any atom is 3.00 e. The minimum absolute atomic E-state index is 0. The van der Waals surface area contributed by atoms with Crippen LogP contribution in [-0.4, -0.2) is 0 Å². The Morgan fingerprint density at radius 2 is 0.800 bits per heavy atom. The first kappa shape index (κ1) is 24.3. The van der Waals surface area contributed by atoms with Crippen LogP contribution in [0, 0.1) is 23.7 Å². The number of nitrogens with zero attached hydrogens (tertiary/aromatic N) is 2. The van der Waals surface area contributed by atoms with Gasteiger partial charge in [0.2, 0.25) is 0 Å². The van der Waals surface area contributed by atoms with Crippen molar-refractivity contribution in [3.63, 3.8) is 0 Å². The van der Waals surface area contributed by atoms with Crippen molar-refractivity contribution in [2.45, 2.75) is 0 Å². The first-order valence-electron chi connectivity index (χ1n) is 0.447. The normalized spacial score (nSPS) is 0.800. The van der Waals surface area contributed by atoms with Crippen molar-refractivity contribution < 1.29 is 17.4 Å². The Kier molecular flexibility index (Phi) is 454. The molecule has 0 aromatic carbocycles. The topological polar surface area (TPSA) is 47.6 Å². The fraction of sp³-hybridized carbons (Fsp3) is 0. The summed E-state index contributed by atoms with van der Waals surface area (Å²) in [5.41, 5.74) is 0. The molecule has 0 fully saturated rings. The number of rotatable bonds is 0. The van der Waals surface area contributed by atoms with Gasteiger partial charge >= 0.3 is 17.4 Å². The molecule has 0 saturated heterocycles. The fourth-order valence-electron chi connectivity index (χ4n) is 0. The number of hydrogen-bond acceptors (Lipinski definition) is 2. The zero-order valence-electron chi connectivity index (χ0n) is 2.30. The van der Waals surface area contributed by atoms with Gasteiger partial charge in [-0.1, -0.05) is 0 Å². The van der Waals surface area contributed by atoms with E-state index in [2.05, 4.69) is 0 Å². The van der Waals surface area contributed by atoms with Crippen LogP contribution in [0.2, 0.25) is 0 Å². The van der Waals surface area contributed by atoms with E-state index in [9.17, 15) is 0 Å². The first-order chi connectivity index (χ1) is 2.00. The summed E-state index contributed by atoms with van der Waals surface area (Å²) >= 11 is 0. The average Bonchev–Trinajstić information content (AvgIpc) is 1.50. The SMILES string of the molecule is [C-]#N.[C-]#N.[Cr+3]. The van der Waals surface area contributed by atoms with Gasteiger partial charge in [0.25, 0.3) is 0 Å². The van der Waals surface area contributed by atoms with Crippen LogP contribution >= 0.6 is 0 Å². The third-order valence-corrected chi connectivity index (χ3v) is 0. The average molecular weight is 104 g/mol. The van der Waals surface area contributed by atoms with Crippen LogP contribution in [0.1, 0.15) is 0 Å². The van der Waals surface area contributed by atoms with Crippen molar-refractivity contribution in [1.29, 1.82) is 10.5 Å². The first-order valence-corrected chi connectivity index (χ1v) is 0.447. The minimum Gasteiger partial charge on any atom is -0.512 e. The summed E-state index contributed by atoms with van der Waals surface area (Å²) in [6.45, 7) is 9.50. The predicted octanol–water partition coefficient (Wildman–Crippen LogP) is 0.190. The minimum atomic E-state index is 0. The van der Waals surface area contributed by atoms with E-state index < -0.39 is 0 Å². The molecule has 0 aliphatic heterocycles. The monoisotopic (exact) mass is 104 g/mol. The molecule has 0 saturated carbocycles. The third-order valence-electron chi connectivity index (χ3n) is 0. The van der Waals surface area contributed by atoms with Gasteiger partial charge in [-0.15, -0.1) is 0 Å². The molecule has 2 nitrogen and oxygen atoms in total. The second kappa shape index (κ2) is 93.3. The molecular weight excluding hydrogens is 104 g/mol. The summed E-state index contributed by atoms with van der Waals surface area (Å²) in [4.78, 5) is 0. The Labute approximate surface area is 41.8 Å². The van der Waals surface area contributed by atoms with Gasteiger partial charge in [0.1, 0.15) is 0 Å². The van der Waals surface area contributed by atoms with Crippen LogP contribution in [0.3, 0.4) is 0 Å². The molecule has 0 N–H and O–H groups in total. The largest absolute Gasteiger partial charge is 3.00 e. The van der Waals surface area contributed by atoms with Crippen molar-refractivity contribution in [3.8, 4) is 0 Å². The summed E-state index contributed by atoms with van der Waals surface area (Å²) in [6, 6.07) is 0. The van der Waals surface area contributed by atoms with E-state index in [1.54, 1.807) is 0 Å². The zero-order chi connectivity index (χ0) is 4.00. The van der Waals surface area contributed by atoms with Crippen molar-refractivity contribution in [2.75, 3.05) is 0 Å². The number of hydrogen-bond donors (Lipinski definition) is 0. The molecule has 1 radical (unpaired) electrons. The van der Waals surface area contributed by atoms with Gasteiger partial charge in [-0.25, -0.2) is 0 Å². The molecule has 0 spiro atoms. The molecular formula is C2CrN2+. The fourth-order valence-corrected chi connectivity index (χ4v) is 0. The Hall–Kier alpha value is -0.488. The summed E-state index contributed by atoms with van der Waals surface area (Å²) in [6.07, 6.45) is 0. The Bertz CT molecular complexity index is 23.1. The Morgan fingerprint density at radius 1 is 0.800 bits per heavy atom. The summed E-state index contributed by atoms with van der Waals surface area (Å²) in [7, 11) is 0. The van der Waals surface area contributed by atoms with Gasteiger partial charge in [-0.2, -0.15) is 0 Å². The quantitative estimate of drug-likeness (QED) is 0.412. The molecule has 5 heavy (non-hydrogen) atoms. The second-order valence-electron chi connectivity index (χ2n) is 0. The van der Waals surface area contributed by atoms with Crippen molar-refractivity contribution >= 4 is 0 Å². The smallest absolute Gasteiger partial charge is 0.512 e. The summed E-state index contributed by atoms with van der Waals surface area (Å²) < 4.78 is 0. The maximum absolute atomic E-state index is 6.25. The summed E-state index contributed by atoms with van der Waals surface area (Å²) in [5.74, 6) is 0. The van der Waals surface area contributed by atoms with E-state index in [-0.39, 0.29) is 17.4 Å². The van der Waals surface area contributed by atoms with Gasteiger partial charge in [-0.3, -0.25) is 0 Å². The molecule has 23 valence electrons. The standard InChI is InChI=1S/2CN.Cr/c2*1-2;/q2*-1;+3. The van der Waals surface area contributed by atoms with Crippen molar-refractivity contribution in [3.05, 3.63) is 13.1 Å². The van der Waals surface area contributed by atoms with Gasteiger partial charge in [-0.05, 0) is 0 Å². The third kappa shape index (κ3) is 33.8. The van der Waals surface area contributed by atoms with E-state index >= 15 is 0 Å².